The largest absolute Gasteiger partial charge is 0.504 e. The van der Waals surface area contributed by atoms with Gasteiger partial charge in [-0.1, -0.05) is 42.5 Å². The van der Waals surface area contributed by atoms with E-state index < -0.39 is 5.97 Å². The van der Waals surface area contributed by atoms with E-state index in [1.54, 1.807) is 24.3 Å². The molecular formula is C23H22O4. The van der Waals surface area contributed by atoms with Gasteiger partial charge in [-0.2, -0.15) is 0 Å². The Balaban J connectivity index is 1.73. The molecule has 0 atom stereocenters. The molecule has 27 heavy (non-hydrogen) atoms. The Morgan fingerprint density at radius 3 is 1.63 bits per heavy atom. The fraction of sp³-hybridized carbons (Fsp3) is 0.174. The first-order valence-corrected chi connectivity index (χ1v) is 8.93. The number of phenols is 2. The zero-order valence-corrected chi connectivity index (χ0v) is 14.9. The van der Waals surface area contributed by atoms with E-state index in [0.717, 1.165) is 36.0 Å². The molecule has 0 bridgehead atoms. The number of hydrogen-bond acceptors (Lipinski definition) is 3. The van der Waals surface area contributed by atoms with Crippen LogP contribution in [0.2, 0.25) is 0 Å². The van der Waals surface area contributed by atoms with E-state index in [1.165, 1.54) is 5.56 Å². The van der Waals surface area contributed by atoms with Gasteiger partial charge in [0.1, 0.15) is 0 Å². The van der Waals surface area contributed by atoms with Crippen molar-refractivity contribution in [1.29, 1.82) is 0 Å². The molecule has 3 rings (SSSR count). The number of benzene rings is 3. The van der Waals surface area contributed by atoms with Gasteiger partial charge in [-0.15, -0.1) is 0 Å². The number of aryl methyl sites for hydroxylation is 4. The maximum atomic E-state index is 10.9. The number of hydrogen-bond donors (Lipinski definition) is 3. The molecule has 0 aliphatic rings. The molecule has 3 aromatic rings. The van der Waals surface area contributed by atoms with Crippen molar-refractivity contribution in [2.24, 2.45) is 0 Å². The Kier molecular flexibility index (Phi) is 5.77. The number of carboxylic acids is 1. The first-order chi connectivity index (χ1) is 13.0. The molecule has 0 saturated heterocycles. The number of carbonyl (C=O) groups is 1. The lowest BCUT2D eigenvalue weighted by molar-refractivity contribution is 0.0697. The smallest absolute Gasteiger partial charge is 0.335 e. The molecule has 0 unspecified atom stereocenters. The summed E-state index contributed by atoms with van der Waals surface area (Å²) in [6.45, 7) is 0. The predicted octanol–water partition coefficient (Wildman–Crippen LogP) is 4.37. The quantitative estimate of drug-likeness (QED) is 0.546. The second-order valence-electron chi connectivity index (χ2n) is 6.60. The maximum Gasteiger partial charge on any atom is 0.335 e. The van der Waals surface area contributed by atoms with Crippen LogP contribution < -0.4 is 0 Å². The van der Waals surface area contributed by atoms with Gasteiger partial charge in [-0.3, -0.25) is 0 Å². The predicted molar refractivity (Wildman–Crippen MR) is 104 cm³/mol. The lowest BCUT2D eigenvalue weighted by Crippen LogP contribution is -2.01. The number of rotatable bonds is 7. The van der Waals surface area contributed by atoms with Crippen molar-refractivity contribution in [3.05, 3.63) is 94.5 Å². The Morgan fingerprint density at radius 1 is 0.667 bits per heavy atom. The molecule has 0 heterocycles. The lowest BCUT2D eigenvalue weighted by atomic mass is 9.94. The van der Waals surface area contributed by atoms with Crippen LogP contribution in [0.1, 0.15) is 32.6 Å². The number of phenolic OH excluding ortho intramolecular Hbond substituents is 2. The van der Waals surface area contributed by atoms with Crippen LogP contribution in [0, 0.1) is 0 Å². The van der Waals surface area contributed by atoms with E-state index in [1.807, 2.05) is 30.3 Å². The van der Waals surface area contributed by atoms with Crippen LogP contribution in [0.15, 0.2) is 66.7 Å². The first-order valence-electron chi connectivity index (χ1n) is 8.93. The van der Waals surface area contributed by atoms with E-state index in [9.17, 15) is 15.0 Å². The minimum Gasteiger partial charge on any atom is -0.504 e. The summed E-state index contributed by atoms with van der Waals surface area (Å²) in [5.41, 5.74) is 4.52. The Morgan fingerprint density at radius 2 is 1.15 bits per heavy atom. The van der Waals surface area contributed by atoms with Crippen molar-refractivity contribution in [2.45, 2.75) is 25.7 Å². The third kappa shape index (κ3) is 4.88. The highest BCUT2D eigenvalue weighted by molar-refractivity contribution is 5.87. The number of aromatic carboxylic acids is 1. The van der Waals surface area contributed by atoms with Crippen LogP contribution in [-0.4, -0.2) is 21.3 Å². The second-order valence-corrected chi connectivity index (χ2v) is 6.60. The third-order valence-corrected chi connectivity index (χ3v) is 4.71. The van der Waals surface area contributed by atoms with Crippen LogP contribution >= 0.6 is 0 Å². The molecule has 0 saturated carbocycles. The molecule has 0 aliphatic heterocycles. The summed E-state index contributed by atoms with van der Waals surface area (Å²) in [7, 11) is 0. The summed E-state index contributed by atoms with van der Waals surface area (Å²) in [5, 5.41) is 28.8. The standard InChI is InChI=1S/C23H22O4/c24-21-14-19(12-8-16-4-2-1-3-5-16)20(15-22(21)25)13-9-17-6-10-18(11-7-17)23(26)27/h1-7,10-11,14-15,24-25H,8-9,12-13H2,(H,26,27). The summed E-state index contributed by atoms with van der Waals surface area (Å²) in [6.07, 6.45) is 3.04. The molecule has 3 N–H and O–H groups in total. The molecule has 4 heteroatoms. The zero-order valence-electron chi connectivity index (χ0n) is 14.9. The zero-order chi connectivity index (χ0) is 19.2. The van der Waals surface area contributed by atoms with Gasteiger partial charge >= 0.3 is 5.97 Å². The van der Waals surface area contributed by atoms with Crippen LogP contribution in [0.25, 0.3) is 0 Å². The van der Waals surface area contributed by atoms with Crippen molar-refractivity contribution < 1.29 is 20.1 Å². The molecular weight excluding hydrogens is 340 g/mol. The van der Waals surface area contributed by atoms with Gasteiger partial charge in [-0.25, -0.2) is 4.79 Å². The van der Waals surface area contributed by atoms with E-state index in [2.05, 4.69) is 12.1 Å². The molecule has 0 aliphatic carbocycles. The minimum absolute atomic E-state index is 0.104. The van der Waals surface area contributed by atoms with E-state index in [4.69, 9.17) is 5.11 Å². The summed E-state index contributed by atoms with van der Waals surface area (Å²) < 4.78 is 0. The van der Waals surface area contributed by atoms with Gasteiger partial charge in [0.15, 0.2) is 11.5 Å². The van der Waals surface area contributed by atoms with Crippen molar-refractivity contribution >= 4 is 5.97 Å². The molecule has 4 nitrogen and oxygen atoms in total. The average molecular weight is 362 g/mol. The highest BCUT2D eigenvalue weighted by Gasteiger charge is 2.10. The fourth-order valence-corrected chi connectivity index (χ4v) is 3.15. The van der Waals surface area contributed by atoms with Gasteiger partial charge in [0.25, 0.3) is 0 Å². The van der Waals surface area contributed by atoms with Crippen molar-refractivity contribution in [3.8, 4) is 11.5 Å². The average Bonchev–Trinajstić information content (AvgIpc) is 2.68. The summed E-state index contributed by atoms with van der Waals surface area (Å²) >= 11 is 0. The van der Waals surface area contributed by atoms with Gasteiger partial charge in [0.2, 0.25) is 0 Å². The monoisotopic (exact) mass is 362 g/mol. The lowest BCUT2D eigenvalue weighted by Gasteiger charge is -2.12. The first kappa shape index (κ1) is 18.5. The minimum atomic E-state index is -0.937. The molecule has 0 amide bonds. The highest BCUT2D eigenvalue weighted by Crippen LogP contribution is 2.30. The fourth-order valence-electron chi connectivity index (χ4n) is 3.15. The Bertz CT molecular complexity index is 915. The summed E-state index contributed by atoms with van der Waals surface area (Å²) in [5.74, 6) is -1.16. The van der Waals surface area contributed by atoms with Crippen LogP contribution in [0.3, 0.4) is 0 Å². The van der Waals surface area contributed by atoms with Crippen molar-refractivity contribution in [1.82, 2.24) is 0 Å². The second kappa shape index (κ2) is 8.41. The topological polar surface area (TPSA) is 77.8 Å². The Labute approximate surface area is 158 Å². The van der Waals surface area contributed by atoms with Crippen LogP contribution in [0.5, 0.6) is 11.5 Å². The summed E-state index contributed by atoms with van der Waals surface area (Å²) in [6, 6.07) is 20.2. The van der Waals surface area contributed by atoms with Gasteiger partial charge in [0, 0.05) is 0 Å². The van der Waals surface area contributed by atoms with Gasteiger partial charge < -0.3 is 15.3 Å². The van der Waals surface area contributed by atoms with Gasteiger partial charge in [-0.05, 0) is 72.2 Å². The molecule has 3 aromatic carbocycles. The molecule has 138 valence electrons. The number of aromatic hydroxyl groups is 2. The number of carboxylic acid groups (broad SMARTS) is 1. The third-order valence-electron chi connectivity index (χ3n) is 4.71. The molecule has 0 aromatic heterocycles. The van der Waals surface area contributed by atoms with E-state index >= 15 is 0 Å². The highest BCUT2D eigenvalue weighted by atomic mass is 16.4. The van der Waals surface area contributed by atoms with Crippen molar-refractivity contribution in [2.75, 3.05) is 0 Å². The Hall–Kier alpha value is -3.27. The van der Waals surface area contributed by atoms with E-state index in [0.29, 0.717) is 6.42 Å². The molecule has 0 radical (unpaired) electrons. The van der Waals surface area contributed by atoms with Crippen LogP contribution in [0.4, 0.5) is 0 Å². The van der Waals surface area contributed by atoms with Crippen molar-refractivity contribution in [3.63, 3.8) is 0 Å². The molecule has 0 spiro atoms. The van der Waals surface area contributed by atoms with Crippen LogP contribution in [-0.2, 0) is 25.7 Å². The van der Waals surface area contributed by atoms with Gasteiger partial charge in [0.05, 0.1) is 5.56 Å². The molecule has 0 fully saturated rings. The van der Waals surface area contributed by atoms with E-state index in [-0.39, 0.29) is 17.1 Å². The summed E-state index contributed by atoms with van der Waals surface area (Å²) in [4.78, 5) is 10.9. The maximum absolute atomic E-state index is 10.9. The SMILES string of the molecule is O=C(O)c1ccc(CCc2cc(O)c(O)cc2CCc2ccccc2)cc1. The normalized spacial score (nSPS) is 10.7.